The first-order chi connectivity index (χ1) is 14.1. The van der Waals surface area contributed by atoms with Crippen LogP contribution in [-0.2, 0) is 20.5 Å². The van der Waals surface area contributed by atoms with E-state index in [0.717, 1.165) is 35.9 Å². The van der Waals surface area contributed by atoms with E-state index < -0.39 is 24.4 Å². The fourth-order valence-electron chi connectivity index (χ4n) is 4.65. The topological polar surface area (TPSA) is 88.1 Å². The molecular weight excluding hydrogens is 383 g/mol. The molecule has 7 nitrogen and oxygen atoms in total. The van der Waals surface area contributed by atoms with Crippen molar-refractivity contribution in [1.29, 1.82) is 0 Å². The summed E-state index contributed by atoms with van der Waals surface area (Å²) in [5.41, 5.74) is 2.37. The highest BCUT2D eigenvalue weighted by molar-refractivity contribution is 6.62. The fourth-order valence-corrected chi connectivity index (χ4v) is 4.65. The van der Waals surface area contributed by atoms with Gasteiger partial charge in [-0.2, -0.15) is 0 Å². The van der Waals surface area contributed by atoms with E-state index in [-0.39, 0.29) is 18.0 Å². The minimum Gasteiger partial charge on any atom is -0.465 e. The van der Waals surface area contributed by atoms with E-state index in [0.29, 0.717) is 19.4 Å². The Morgan fingerprint density at radius 3 is 2.50 bits per heavy atom. The molecule has 162 valence electrons. The van der Waals surface area contributed by atoms with E-state index in [9.17, 15) is 14.7 Å². The summed E-state index contributed by atoms with van der Waals surface area (Å²) >= 11 is 0. The summed E-state index contributed by atoms with van der Waals surface area (Å²) in [5, 5.41) is 12.8. The molecule has 1 unspecified atom stereocenters. The molecule has 1 aromatic carbocycles. The second kappa shape index (κ2) is 7.57. The van der Waals surface area contributed by atoms with E-state index in [2.05, 4.69) is 11.4 Å². The van der Waals surface area contributed by atoms with Crippen molar-refractivity contribution in [2.24, 2.45) is 0 Å². The second-order valence-electron chi connectivity index (χ2n) is 9.69. The Hall–Kier alpha value is -2.06. The highest BCUT2D eigenvalue weighted by Gasteiger charge is 2.51. The van der Waals surface area contributed by atoms with Gasteiger partial charge in [-0.1, -0.05) is 18.2 Å². The van der Waals surface area contributed by atoms with Crippen LogP contribution in [0.2, 0.25) is 0 Å². The molecule has 2 atom stereocenters. The predicted octanol–water partition coefficient (Wildman–Crippen LogP) is 2.62. The van der Waals surface area contributed by atoms with E-state index in [1.54, 1.807) is 0 Å². The minimum absolute atomic E-state index is 0.00133. The maximum absolute atomic E-state index is 12.1. The molecule has 0 saturated carbocycles. The number of amides is 2. The van der Waals surface area contributed by atoms with E-state index >= 15 is 0 Å². The van der Waals surface area contributed by atoms with E-state index in [4.69, 9.17) is 9.31 Å². The summed E-state index contributed by atoms with van der Waals surface area (Å²) in [6.07, 6.45) is 2.83. The van der Waals surface area contributed by atoms with Crippen molar-refractivity contribution in [3.05, 3.63) is 29.3 Å². The molecule has 8 heteroatoms. The maximum Gasteiger partial charge on any atom is 0.494 e. The molecule has 30 heavy (non-hydrogen) atoms. The Morgan fingerprint density at radius 2 is 1.90 bits per heavy atom. The number of nitrogens with one attached hydrogen (secondary N) is 1. The number of aryl methyl sites for hydroxylation is 1. The molecule has 0 radical (unpaired) electrons. The van der Waals surface area contributed by atoms with Crippen LogP contribution in [0.1, 0.15) is 70.5 Å². The number of fused-ring (bicyclic) bond motifs is 1. The lowest BCUT2D eigenvalue weighted by Crippen LogP contribution is -2.44. The molecular formula is C22H31BN2O5. The highest BCUT2D eigenvalue weighted by Crippen LogP contribution is 2.38. The molecule has 4 rings (SSSR count). The van der Waals surface area contributed by atoms with Crippen LogP contribution in [0.3, 0.4) is 0 Å². The zero-order valence-electron chi connectivity index (χ0n) is 18.2. The standard InChI is InChI=1S/C22H31BN2O5/c1-21(2)22(3,4)30-23(29-21)15-8-10-17-14(12-15)6-5-7-18(17)25(20(27)28)13-16-9-11-19(26)24-16/h8,10,12,16,18H,5-7,9,11,13H2,1-4H3,(H,24,26)(H,27,28)/t16?,18-/m1/s1. The number of nitrogens with zero attached hydrogens (tertiary/aromatic N) is 1. The van der Waals surface area contributed by atoms with Crippen molar-refractivity contribution in [3.63, 3.8) is 0 Å². The quantitative estimate of drug-likeness (QED) is 0.740. The average Bonchev–Trinajstić information content (AvgIpc) is 3.18. The highest BCUT2D eigenvalue weighted by atomic mass is 16.7. The van der Waals surface area contributed by atoms with Crippen molar-refractivity contribution >= 4 is 24.6 Å². The van der Waals surface area contributed by atoms with Crippen molar-refractivity contribution in [3.8, 4) is 0 Å². The van der Waals surface area contributed by atoms with Gasteiger partial charge in [-0.3, -0.25) is 9.69 Å². The second-order valence-corrected chi connectivity index (χ2v) is 9.69. The van der Waals surface area contributed by atoms with Gasteiger partial charge < -0.3 is 19.7 Å². The van der Waals surface area contributed by atoms with Crippen LogP contribution in [-0.4, -0.2) is 52.9 Å². The van der Waals surface area contributed by atoms with Crippen LogP contribution < -0.4 is 10.8 Å². The van der Waals surface area contributed by atoms with E-state index in [1.165, 1.54) is 4.90 Å². The first kappa shape index (κ1) is 21.2. The summed E-state index contributed by atoms with van der Waals surface area (Å²) < 4.78 is 12.4. The molecule has 2 fully saturated rings. The number of hydrogen-bond acceptors (Lipinski definition) is 4. The molecule has 2 saturated heterocycles. The molecule has 1 aliphatic carbocycles. The zero-order valence-corrected chi connectivity index (χ0v) is 18.2. The number of carbonyl (C=O) groups is 2. The van der Waals surface area contributed by atoms with Gasteiger partial charge >= 0.3 is 13.2 Å². The Morgan fingerprint density at radius 1 is 1.20 bits per heavy atom. The number of rotatable bonds is 4. The minimum atomic E-state index is -0.941. The molecule has 3 aliphatic rings. The van der Waals surface area contributed by atoms with Crippen molar-refractivity contribution in [2.45, 2.75) is 83.1 Å². The molecule has 0 bridgehead atoms. The largest absolute Gasteiger partial charge is 0.494 e. The van der Waals surface area contributed by atoms with Gasteiger partial charge in [0.15, 0.2) is 0 Å². The summed E-state index contributed by atoms with van der Waals surface area (Å²) in [7, 11) is -0.426. The van der Waals surface area contributed by atoms with Crippen LogP contribution in [0.25, 0.3) is 0 Å². The zero-order chi connectivity index (χ0) is 21.7. The molecule has 2 aliphatic heterocycles. The third-order valence-electron chi connectivity index (χ3n) is 7.10. The SMILES string of the molecule is CC1(C)OB(c2ccc3c(c2)CCC[C@H]3N(CC2CCC(=O)N2)C(=O)O)OC1(C)C. The van der Waals surface area contributed by atoms with Gasteiger partial charge in [0.1, 0.15) is 0 Å². The number of hydrogen-bond donors (Lipinski definition) is 2. The molecule has 2 N–H and O–H groups in total. The van der Waals surface area contributed by atoms with E-state index in [1.807, 2.05) is 39.8 Å². The lowest BCUT2D eigenvalue weighted by Gasteiger charge is -2.35. The third-order valence-corrected chi connectivity index (χ3v) is 7.10. The van der Waals surface area contributed by atoms with Gasteiger partial charge in [0.2, 0.25) is 5.91 Å². The number of carbonyl (C=O) groups excluding carboxylic acids is 1. The van der Waals surface area contributed by atoms with Crippen molar-refractivity contribution in [1.82, 2.24) is 10.2 Å². The van der Waals surface area contributed by atoms with Gasteiger partial charge in [0.25, 0.3) is 0 Å². The van der Waals surface area contributed by atoms with Gasteiger partial charge in [-0.15, -0.1) is 0 Å². The van der Waals surface area contributed by atoms with Crippen LogP contribution in [0.5, 0.6) is 0 Å². The Balaban J connectivity index is 1.57. The van der Waals surface area contributed by atoms with Crippen molar-refractivity contribution < 1.29 is 24.0 Å². The van der Waals surface area contributed by atoms with Gasteiger partial charge in [0.05, 0.1) is 17.2 Å². The average molecular weight is 414 g/mol. The van der Waals surface area contributed by atoms with Gasteiger partial charge in [-0.25, -0.2) is 4.79 Å². The number of carboxylic acid groups (broad SMARTS) is 1. The first-order valence-electron chi connectivity index (χ1n) is 10.8. The van der Waals surface area contributed by atoms with Gasteiger partial charge in [0, 0.05) is 19.0 Å². The Bertz CT molecular complexity index is 840. The van der Waals surface area contributed by atoms with Gasteiger partial charge in [-0.05, 0) is 70.0 Å². The van der Waals surface area contributed by atoms with Crippen LogP contribution in [0, 0.1) is 0 Å². The van der Waals surface area contributed by atoms with Crippen molar-refractivity contribution in [2.75, 3.05) is 6.54 Å². The number of benzene rings is 1. The monoisotopic (exact) mass is 414 g/mol. The summed E-state index contributed by atoms with van der Waals surface area (Å²) in [6.45, 7) is 8.47. The molecule has 0 aromatic heterocycles. The lowest BCUT2D eigenvalue weighted by molar-refractivity contribution is -0.119. The van der Waals surface area contributed by atoms with Crippen LogP contribution in [0.15, 0.2) is 18.2 Å². The lowest BCUT2D eigenvalue weighted by atomic mass is 9.75. The van der Waals surface area contributed by atoms with Crippen LogP contribution >= 0.6 is 0 Å². The maximum atomic E-state index is 12.1. The smallest absolute Gasteiger partial charge is 0.465 e. The fraction of sp³-hybridized carbons (Fsp3) is 0.636. The summed E-state index contributed by atoms with van der Waals surface area (Å²) in [4.78, 5) is 25.1. The van der Waals surface area contributed by atoms with Crippen LogP contribution in [0.4, 0.5) is 4.79 Å². The normalized spacial score (nSPS) is 26.9. The summed E-state index contributed by atoms with van der Waals surface area (Å²) in [5.74, 6) is 0.00133. The summed E-state index contributed by atoms with van der Waals surface area (Å²) in [6, 6.07) is 5.83. The first-order valence-corrected chi connectivity index (χ1v) is 10.8. The Kier molecular flexibility index (Phi) is 5.35. The molecule has 1 aromatic rings. The Labute approximate surface area is 178 Å². The molecule has 0 spiro atoms. The molecule has 2 heterocycles. The predicted molar refractivity (Wildman–Crippen MR) is 114 cm³/mol. The third kappa shape index (κ3) is 3.83. The molecule has 2 amide bonds.